The van der Waals surface area contributed by atoms with Crippen LogP contribution in [0.15, 0.2) is 24.0 Å². The van der Waals surface area contributed by atoms with Crippen LogP contribution >= 0.6 is 0 Å². The highest BCUT2D eigenvalue weighted by Gasteiger charge is 2.35. The first-order valence-corrected chi connectivity index (χ1v) is 10.8. The van der Waals surface area contributed by atoms with Crippen molar-refractivity contribution in [3.63, 3.8) is 0 Å². The number of hydrogen-bond acceptors (Lipinski definition) is 6. The van der Waals surface area contributed by atoms with Crippen molar-refractivity contribution in [2.45, 2.75) is 77.5 Å². The number of nitrogens with one attached hydrogen (secondary N) is 4. The molecule has 0 unspecified atom stereocenters. The summed E-state index contributed by atoms with van der Waals surface area (Å²) < 4.78 is 0. The van der Waals surface area contributed by atoms with E-state index in [9.17, 15) is 14.7 Å². The molecule has 2 aliphatic rings. The predicted octanol–water partition coefficient (Wildman–Crippen LogP) is 1.63. The van der Waals surface area contributed by atoms with Crippen LogP contribution in [0.4, 0.5) is 0 Å². The minimum absolute atomic E-state index is 0.0557. The molecule has 2 rings (SSSR count). The van der Waals surface area contributed by atoms with Gasteiger partial charge in [0.2, 0.25) is 11.8 Å². The van der Waals surface area contributed by atoms with E-state index in [0.29, 0.717) is 25.4 Å². The van der Waals surface area contributed by atoms with Crippen molar-refractivity contribution in [1.29, 1.82) is 5.41 Å². The molecule has 8 heteroatoms. The molecule has 5 N–H and O–H groups in total. The molecule has 0 aromatic rings. The van der Waals surface area contributed by atoms with E-state index in [1.54, 1.807) is 24.8 Å². The van der Waals surface area contributed by atoms with Gasteiger partial charge in [-0.15, -0.1) is 0 Å². The Morgan fingerprint density at radius 1 is 1.37 bits per heavy atom. The minimum Gasteiger partial charge on any atom is -0.389 e. The van der Waals surface area contributed by atoms with Gasteiger partial charge in [-0.1, -0.05) is 25.7 Å². The van der Waals surface area contributed by atoms with Crippen LogP contribution in [-0.2, 0) is 9.59 Å². The number of carbonyl (C=O) groups excluding carboxylic acids is 2. The van der Waals surface area contributed by atoms with E-state index in [4.69, 9.17) is 5.41 Å². The monoisotopic (exact) mass is 419 g/mol. The second-order valence-electron chi connectivity index (χ2n) is 9.27. The fraction of sp³-hybridized carbons (Fsp3) is 0.682. The van der Waals surface area contributed by atoms with Crippen LogP contribution in [0.5, 0.6) is 0 Å². The van der Waals surface area contributed by atoms with E-state index in [2.05, 4.69) is 16.0 Å². The summed E-state index contributed by atoms with van der Waals surface area (Å²) in [4.78, 5) is 27.2. The van der Waals surface area contributed by atoms with Gasteiger partial charge in [-0.25, -0.2) is 0 Å². The van der Waals surface area contributed by atoms with E-state index in [1.807, 2.05) is 13.8 Å². The zero-order valence-corrected chi connectivity index (χ0v) is 18.6. The zero-order valence-electron chi connectivity index (χ0n) is 18.6. The lowest BCUT2D eigenvalue weighted by Crippen LogP contribution is -2.50. The van der Waals surface area contributed by atoms with Gasteiger partial charge in [-0.2, -0.15) is 0 Å². The molecule has 0 bridgehead atoms. The largest absolute Gasteiger partial charge is 0.389 e. The molecule has 8 nitrogen and oxygen atoms in total. The number of hydrogen-bond donors (Lipinski definition) is 5. The van der Waals surface area contributed by atoms with Crippen molar-refractivity contribution < 1.29 is 14.7 Å². The molecule has 1 aliphatic heterocycles. The number of aliphatic hydroxyl groups is 1. The van der Waals surface area contributed by atoms with Crippen molar-refractivity contribution >= 4 is 17.6 Å². The summed E-state index contributed by atoms with van der Waals surface area (Å²) in [6.45, 7) is 8.09. The predicted molar refractivity (Wildman–Crippen MR) is 118 cm³/mol. The Hall–Kier alpha value is -2.35. The third-order valence-electron chi connectivity index (χ3n) is 5.27. The SMILES string of the molecule is CC(C)NC1=CC(=O)N([C@@H](CC2CCCC2)C(=O)NC(=N)/C=C\NCC(C)(C)O)C1. The number of amides is 2. The van der Waals surface area contributed by atoms with E-state index < -0.39 is 11.6 Å². The molecule has 0 aromatic heterocycles. The molecule has 1 saturated carbocycles. The van der Waals surface area contributed by atoms with Crippen LogP contribution in [0.3, 0.4) is 0 Å². The lowest BCUT2D eigenvalue weighted by atomic mass is 9.96. The summed E-state index contributed by atoms with van der Waals surface area (Å²) >= 11 is 0. The van der Waals surface area contributed by atoms with Crippen molar-refractivity contribution in [3.8, 4) is 0 Å². The van der Waals surface area contributed by atoms with Gasteiger partial charge in [-0.3, -0.25) is 15.0 Å². The number of amidine groups is 1. The lowest BCUT2D eigenvalue weighted by Gasteiger charge is -2.29. The fourth-order valence-corrected chi connectivity index (χ4v) is 3.91. The van der Waals surface area contributed by atoms with E-state index in [0.717, 1.165) is 31.4 Å². The van der Waals surface area contributed by atoms with Crippen LogP contribution in [-0.4, -0.2) is 58.4 Å². The first kappa shape index (κ1) is 23.9. The quantitative estimate of drug-likeness (QED) is 0.272. The molecule has 0 saturated heterocycles. The van der Waals surface area contributed by atoms with E-state index in [-0.39, 0.29) is 23.7 Å². The second-order valence-corrected chi connectivity index (χ2v) is 9.27. The Morgan fingerprint density at radius 3 is 2.63 bits per heavy atom. The highest BCUT2D eigenvalue weighted by atomic mass is 16.3. The van der Waals surface area contributed by atoms with Crippen molar-refractivity contribution in [3.05, 3.63) is 24.0 Å². The van der Waals surface area contributed by atoms with Crippen LogP contribution in [0.1, 0.15) is 59.8 Å². The maximum Gasteiger partial charge on any atom is 0.249 e. The smallest absolute Gasteiger partial charge is 0.249 e. The van der Waals surface area contributed by atoms with Gasteiger partial charge < -0.3 is 26.0 Å². The third-order valence-corrected chi connectivity index (χ3v) is 5.27. The molecular weight excluding hydrogens is 382 g/mol. The lowest BCUT2D eigenvalue weighted by molar-refractivity contribution is -0.135. The first-order chi connectivity index (χ1) is 14.0. The molecule has 0 spiro atoms. The van der Waals surface area contributed by atoms with Crippen LogP contribution < -0.4 is 16.0 Å². The van der Waals surface area contributed by atoms with Gasteiger partial charge in [-0.05, 0) is 46.1 Å². The van der Waals surface area contributed by atoms with Crippen LogP contribution in [0, 0.1) is 11.3 Å². The van der Waals surface area contributed by atoms with Gasteiger partial charge in [0.1, 0.15) is 11.9 Å². The summed E-state index contributed by atoms with van der Waals surface area (Å²) in [6.07, 6.45) is 9.64. The number of carbonyl (C=O) groups is 2. The fourth-order valence-electron chi connectivity index (χ4n) is 3.91. The second kappa shape index (κ2) is 10.6. The van der Waals surface area contributed by atoms with E-state index in [1.165, 1.54) is 12.3 Å². The number of nitrogens with zero attached hydrogens (tertiary/aromatic N) is 1. The van der Waals surface area contributed by atoms with Crippen LogP contribution in [0.25, 0.3) is 0 Å². The Balaban J connectivity index is 2.00. The Kier molecular flexibility index (Phi) is 8.46. The third kappa shape index (κ3) is 7.82. The van der Waals surface area contributed by atoms with Gasteiger partial charge in [0, 0.05) is 30.6 Å². The molecule has 1 aliphatic carbocycles. The molecule has 2 amide bonds. The van der Waals surface area contributed by atoms with Crippen molar-refractivity contribution in [2.24, 2.45) is 5.92 Å². The Morgan fingerprint density at radius 2 is 2.03 bits per heavy atom. The van der Waals surface area contributed by atoms with Gasteiger partial charge >= 0.3 is 0 Å². The normalized spacial score (nSPS) is 18.8. The molecule has 0 aromatic carbocycles. The summed E-state index contributed by atoms with van der Waals surface area (Å²) in [6, 6.07) is -0.387. The van der Waals surface area contributed by atoms with Crippen LogP contribution in [0.2, 0.25) is 0 Å². The maximum atomic E-state index is 13.0. The molecular formula is C22H37N5O3. The molecule has 1 heterocycles. The maximum absolute atomic E-state index is 13.0. The van der Waals surface area contributed by atoms with E-state index >= 15 is 0 Å². The Labute approximate surface area is 179 Å². The highest BCUT2D eigenvalue weighted by molar-refractivity contribution is 6.05. The minimum atomic E-state index is -0.868. The average Bonchev–Trinajstić information content (AvgIpc) is 3.24. The van der Waals surface area contributed by atoms with Crippen molar-refractivity contribution in [2.75, 3.05) is 13.1 Å². The van der Waals surface area contributed by atoms with Crippen molar-refractivity contribution in [1.82, 2.24) is 20.9 Å². The number of rotatable bonds is 10. The first-order valence-electron chi connectivity index (χ1n) is 10.8. The standard InChI is InChI=1S/C22H37N5O3/c1-15(2)25-17-12-20(28)27(13-17)18(11-16-7-5-6-8-16)21(29)26-19(23)9-10-24-14-22(3,4)30/h9-10,12,15-16,18,24-25,30H,5-8,11,13-14H2,1-4H3,(H2,23,26,29)/b10-9-/t18-/m0/s1. The van der Waals surface area contributed by atoms with Gasteiger partial charge in [0.25, 0.3) is 0 Å². The summed E-state index contributed by atoms with van der Waals surface area (Å²) in [5, 5.41) is 26.5. The summed E-state index contributed by atoms with van der Waals surface area (Å²) in [5.74, 6) is -0.120. The highest BCUT2D eigenvalue weighted by Crippen LogP contribution is 2.31. The van der Waals surface area contributed by atoms with Gasteiger partial charge in [0.05, 0.1) is 12.1 Å². The zero-order chi connectivity index (χ0) is 22.3. The molecule has 168 valence electrons. The summed E-state index contributed by atoms with van der Waals surface area (Å²) in [5.41, 5.74) is -0.0440. The summed E-state index contributed by atoms with van der Waals surface area (Å²) in [7, 11) is 0. The molecule has 1 atom stereocenters. The van der Waals surface area contributed by atoms with Gasteiger partial charge in [0.15, 0.2) is 0 Å². The molecule has 30 heavy (non-hydrogen) atoms. The topological polar surface area (TPSA) is 118 Å². The molecule has 0 radical (unpaired) electrons. The Bertz CT molecular complexity index is 687. The molecule has 1 fully saturated rings. The average molecular weight is 420 g/mol.